The Hall–Kier alpha value is -2.14. The van der Waals surface area contributed by atoms with E-state index in [1.54, 1.807) is 0 Å². The lowest BCUT2D eigenvalue weighted by Crippen LogP contribution is -2.70. The van der Waals surface area contributed by atoms with Gasteiger partial charge in [0, 0.05) is 25.6 Å². The summed E-state index contributed by atoms with van der Waals surface area (Å²) >= 11 is 1.52. The van der Waals surface area contributed by atoms with Gasteiger partial charge in [-0.15, -0.1) is 0 Å². The lowest BCUT2D eigenvalue weighted by molar-refractivity contribution is -0.386. The van der Waals surface area contributed by atoms with E-state index >= 15 is 0 Å². The van der Waals surface area contributed by atoms with Gasteiger partial charge in [-0.05, 0) is 18.2 Å². The highest BCUT2D eigenvalue weighted by Gasteiger charge is 2.60. The monoisotopic (exact) mass is 804 g/mol. The van der Waals surface area contributed by atoms with Crippen LogP contribution in [0.5, 0.6) is 0 Å². The average molecular weight is 805 g/mol. The van der Waals surface area contributed by atoms with Crippen LogP contribution in [0.4, 0.5) is 0 Å². The Bertz CT molecular complexity index is 1220. The normalized spacial score (nSPS) is 38.2. The van der Waals surface area contributed by atoms with E-state index in [0.717, 1.165) is 13.0 Å². The summed E-state index contributed by atoms with van der Waals surface area (Å²) in [5.41, 5.74) is 0. The number of carboxylic acid groups (broad SMARTS) is 1. The van der Waals surface area contributed by atoms with Crippen LogP contribution in [0.2, 0.25) is 0 Å². The summed E-state index contributed by atoms with van der Waals surface area (Å²) in [5, 5.41) is 120. The van der Waals surface area contributed by atoms with Crippen LogP contribution in [0.1, 0.15) is 19.8 Å². The van der Waals surface area contributed by atoms with E-state index in [9.17, 15) is 70.6 Å². The third-order valence-electron chi connectivity index (χ3n) is 8.89. The number of carbonyl (C=O) groups excluding carboxylic acids is 2. The Kier molecular flexibility index (Phi) is 18.3. The molecule has 312 valence electrons. The highest BCUT2D eigenvalue weighted by atomic mass is 32.2. The number of amides is 2. The molecule has 16 atom stereocenters. The van der Waals surface area contributed by atoms with Gasteiger partial charge in [0.1, 0.15) is 67.1 Å². The first kappa shape index (κ1) is 46.2. The molecule has 0 saturated carbocycles. The van der Waals surface area contributed by atoms with Crippen molar-refractivity contribution in [1.82, 2.24) is 10.6 Å². The van der Waals surface area contributed by atoms with Crippen LogP contribution in [0.3, 0.4) is 0 Å². The van der Waals surface area contributed by atoms with E-state index in [-0.39, 0.29) is 12.5 Å². The summed E-state index contributed by atoms with van der Waals surface area (Å²) in [6, 6.07) is -1.55. The van der Waals surface area contributed by atoms with Crippen molar-refractivity contribution in [1.29, 1.82) is 0 Å². The van der Waals surface area contributed by atoms with Gasteiger partial charge in [-0.25, -0.2) is 4.79 Å². The number of rotatable bonds is 20. The topological polar surface area (TPSA) is 353 Å². The first-order chi connectivity index (χ1) is 25.5. The Morgan fingerprint density at radius 1 is 0.944 bits per heavy atom. The van der Waals surface area contributed by atoms with Crippen molar-refractivity contribution < 1.29 is 99.0 Å². The lowest BCUT2D eigenvalue weighted by Gasteiger charge is -2.50. The zero-order valence-electron chi connectivity index (χ0n) is 29.3. The molecule has 3 aliphatic heterocycles. The van der Waals surface area contributed by atoms with Crippen molar-refractivity contribution >= 4 is 29.5 Å². The molecule has 0 aromatic heterocycles. The van der Waals surface area contributed by atoms with Crippen LogP contribution in [0.25, 0.3) is 0 Å². The molecule has 23 heteroatoms. The van der Waals surface area contributed by atoms with Gasteiger partial charge in [-0.1, -0.05) is 6.58 Å². The van der Waals surface area contributed by atoms with Gasteiger partial charge < -0.3 is 95.2 Å². The third kappa shape index (κ3) is 11.5. The zero-order valence-corrected chi connectivity index (χ0v) is 30.1. The number of hydrogen-bond acceptors (Lipinski definition) is 20. The lowest BCUT2D eigenvalue weighted by atomic mass is 9.88. The van der Waals surface area contributed by atoms with E-state index < -0.39 is 136 Å². The second-order valence-corrected chi connectivity index (χ2v) is 14.0. The van der Waals surface area contributed by atoms with Crippen LogP contribution in [0, 0.1) is 0 Å². The number of carbonyl (C=O) groups is 3. The first-order valence-electron chi connectivity index (χ1n) is 17.1. The maximum absolute atomic E-state index is 12.7. The van der Waals surface area contributed by atoms with E-state index in [2.05, 4.69) is 17.2 Å². The fourth-order valence-corrected chi connectivity index (χ4v) is 6.84. The maximum atomic E-state index is 12.7. The molecule has 2 amide bonds. The van der Waals surface area contributed by atoms with Gasteiger partial charge >= 0.3 is 5.97 Å². The first-order valence-corrected chi connectivity index (χ1v) is 18.2. The predicted molar refractivity (Wildman–Crippen MR) is 179 cm³/mol. The number of ether oxygens (including phenoxy) is 6. The standard InChI is InChI=1S/C31H52N2O20S/c1-3-18(40)32-5-8-54-7-4-6-48-28-23(44)22(43)25(17(12-36)50-28)51-29-24(45)27(21(42)16(11-35)49-29)53-31(30(46)47)9-14(38)19(33-13(2)37)26(52-31)20(41)15(39)10-34/h3,14-17,19-29,34-36,38-39,41-45H,1,4-12H2,2H3,(H,32,40)(H,33,37)(H,46,47)/t14-,15+,16+,17+,19+,20+,21-,22+,23+,24+,25+,26+,27-,28+,29-,31-/m0/s1. The molecule has 0 spiro atoms. The van der Waals surface area contributed by atoms with Crippen LogP contribution in [-0.2, 0) is 42.8 Å². The summed E-state index contributed by atoms with van der Waals surface area (Å²) in [6.45, 7) is 2.05. The molecule has 22 nitrogen and oxygen atoms in total. The quantitative estimate of drug-likeness (QED) is 0.0402. The average Bonchev–Trinajstić information content (AvgIpc) is 3.14. The summed E-state index contributed by atoms with van der Waals surface area (Å²) in [6.07, 6.45) is -25.4. The molecule has 0 aliphatic carbocycles. The van der Waals surface area contributed by atoms with E-state index in [1.165, 1.54) is 11.8 Å². The number of aliphatic hydroxyl groups excluding tert-OH is 10. The molecule has 13 N–H and O–H groups in total. The van der Waals surface area contributed by atoms with Gasteiger partial charge in [-0.2, -0.15) is 11.8 Å². The number of thioether (sulfide) groups is 1. The molecule has 0 radical (unpaired) electrons. The Morgan fingerprint density at radius 3 is 2.20 bits per heavy atom. The molecule has 0 unspecified atom stereocenters. The summed E-state index contributed by atoms with van der Waals surface area (Å²) in [7, 11) is 0. The predicted octanol–water partition coefficient (Wildman–Crippen LogP) is -6.77. The van der Waals surface area contributed by atoms with Gasteiger partial charge in [0.2, 0.25) is 11.8 Å². The van der Waals surface area contributed by atoms with Crippen molar-refractivity contribution in [2.75, 3.05) is 44.5 Å². The second-order valence-electron chi connectivity index (χ2n) is 12.8. The molecule has 3 heterocycles. The molecule has 0 aromatic carbocycles. The molecule has 3 fully saturated rings. The van der Waals surface area contributed by atoms with Crippen LogP contribution >= 0.6 is 11.8 Å². The zero-order chi connectivity index (χ0) is 40.3. The maximum Gasteiger partial charge on any atom is 0.364 e. The molecule has 3 aliphatic rings. The molecular formula is C31H52N2O20S. The summed E-state index contributed by atoms with van der Waals surface area (Å²) in [4.78, 5) is 35.8. The number of nitrogens with one attached hydrogen (secondary N) is 2. The molecule has 3 rings (SSSR count). The minimum atomic E-state index is -3.04. The van der Waals surface area contributed by atoms with Crippen LogP contribution in [-0.4, -0.2) is 216 Å². The van der Waals surface area contributed by atoms with E-state index in [4.69, 9.17) is 28.4 Å². The van der Waals surface area contributed by atoms with Gasteiger partial charge in [0.15, 0.2) is 12.6 Å². The second kappa shape index (κ2) is 21.4. The van der Waals surface area contributed by atoms with Crippen molar-refractivity contribution in [3.05, 3.63) is 12.7 Å². The SMILES string of the molecule is C=CC(=O)NCCSCCCO[C@@H]1O[C@H](CO)[C@@H](O[C@@H]2O[C@H](CO)[C@H](O)[C@H](O[C@]3(C(=O)O)C[C@H](O)[C@@H](NC(C)=O)[C@H]([C@H](O)[C@H](O)CO)O3)[C@H]2O)[C@H](O)[C@H]1O. The Labute approximate surface area is 313 Å². The van der Waals surface area contributed by atoms with Crippen LogP contribution < -0.4 is 10.6 Å². The number of carboxylic acids is 1. The summed E-state index contributed by atoms with van der Waals surface area (Å²) in [5.74, 6) is -4.82. The largest absolute Gasteiger partial charge is 0.477 e. The fraction of sp³-hybridized carbons (Fsp3) is 0.839. The number of aliphatic hydroxyl groups is 10. The van der Waals surface area contributed by atoms with Crippen molar-refractivity contribution in [2.45, 2.75) is 117 Å². The smallest absolute Gasteiger partial charge is 0.364 e. The molecular weight excluding hydrogens is 752 g/mol. The van der Waals surface area contributed by atoms with Crippen molar-refractivity contribution in [3.8, 4) is 0 Å². The Morgan fingerprint density at radius 2 is 1.61 bits per heavy atom. The van der Waals surface area contributed by atoms with Gasteiger partial charge in [0.05, 0.1) is 38.6 Å². The van der Waals surface area contributed by atoms with Crippen molar-refractivity contribution in [2.24, 2.45) is 0 Å². The van der Waals surface area contributed by atoms with Gasteiger partial charge in [0.25, 0.3) is 5.79 Å². The molecule has 0 bridgehead atoms. The third-order valence-corrected chi connectivity index (χ3v) is 9.96. The molecule has 0 aromatic rings. The highest BCUT2D eigenvalue weighted by Crippen LogP contribution is 2.38. The fourth-order valence-electron chi connectivity index (χ4n) is 6.07. The molecule has 54 heavy (non-hydrogen) atoms. The molecule has 3 saturated heterocycles. The van der Waals surface area contributed by atoms with Gasteiger partial charge in [-0.3, -0.25) is 9.59 Å². The number of hydrogen-bond donors (Lipinski definition) is 13. The number of aliphatic carboxylic acids is 1. The van der Waals surface area contributed by atoms with Crippen molar-refractivity contribution in [3.63, 3.8) is 0 Å². The summed E-state index contributed by atoms with van der Waals surface area (Å²) < 4.78 is 33.6. The van der Waals surface area contributed by atoms with E-state index in [1.807, 2.05) is 0 Å². The van der Waals surface area contributed by atoms with Crippen LogP contribution in [0.15, 0.2) is 12.7 Å². The minimum absolute atomic E-state index is 0.0637. The van der Waals surface area contributed by atoms with E-state index in [0.29, 0.717) is 24.5 Å². The Balaban J connectivity index is 1.74. The minimum Gasteiger partial charge on any atom is -0.477 e. The highest BCUT2D eigenvalue weighted by molar-refractivity contribution is 7.99.